The molecule has 0 aliphatic heterocycles. The van der Waals surface area contributed by atoms with Gasteiger partial charge in [-0.25, -0.2) is 12.7 Å². The van der Waals surface area contributed by atoms with Gasteiger partial charge in [0.05, 0.1) is 17.0 Å². The first-order chi connectivity index (χ1) is 10.6. The Morgan fingerprint density at radius 3 is 2.13 bits per heavy atom. The van der Waals surface area contributed by atoms with Crippen LogP contribution in [0.3, 0.4) is 0 Å². The standard InChI is InChI=1S/C16H26N2O4S/c1-12(16(20)15(13(2)19)17(3)4)11-18(5)23(21,22)14-9-7-6-8-10-14/h6-10,12,15-16,20H,11H2,1-5H3/t12-,15-,16-/m1/s1. The molecule has 0 saturated heterocycles. The largest absolute Gasteiger partial charge is 0.391 e. The number of Topliss-reactive ketones (excluding diaryl/α,β-unsaturated/α-hetero) is 1. The number of aliphatic hydroxyl groups is 1. The summed E-state index contributed by atoms with van der Waals surface area (Å²) in [6.45, 7) is 3.28. The summed E-state index contributed by atoms with van der Waals surface area (Å²) in [6.07, 6.45) is -0.948. The molecule has 0 amide bonds. The van der Waals surface area contributed by atoms with Crippen molar-refractivity contribution < 1.29 is 18.3 Å². The summed E-state index contributed by atoms with van der Waals surface area (Å²) in [6, 6.07) is 7.49. The molecule has 0 heterocycles. The molecule has 0 saturated carbocycles. The van der Waals surface area contributed by atoms with Gasteiger partial charge in [-0.15, -0.1) is 0 Å². The van der Waals surface area contributed by atoms with Gasteiger partial charge < -0.3 is 5.11 Å². The van der Waals surface area contributed by atoms with E-state index < -0.39 is 28.1 Å². The molecular weight excluding hydrogens is 316 g/mol. The summed E-state index contributed by atoms with van der Waals surface area (Å²) in [5, 5.41) is 10.4. The predicted molar refractivity (Wildman–Crippen MR) is 89.6 cm³/mol. The number of hydrogen-bond acceptors (Lipinski definition) is 5. The second-order valence-corrected chi connectivity index (χ2v) is 8.13. The monoisotopic (exact) mass is 342 g/mol. The van der Waals surface area contributed by atoms with Gasteiger partial charge in [0.1, 0.15) is 5.78 Å². The predicted octanol–water partition coefficient (Wildman–Crippen LogP) is 0.823. The zero-order chi connectivity index (χ0) is 17.8. The van der Waals surface area contributed by atoms with Crippen LogP contribution in [0.4, 0.5) is 0 Å². The summed E-state index contributed by atoms with van der Waals surface area (Å²) in [7, 11) is 1.30. The number of carbonyl (C=O) groups is 1. The van der Waals surface area contributed by atoms with Gasteiger partial charge in [-0.3, -0.25) is 9.69 Å². The molecule has 3 atom stereocenters. The molecule has 0 aliphatic rings. The Balaban J connectivity index is 2.88. The molecule has 0 radical (unpaired) electrons. The zero-order valence-electron chi connectivity index (χ0n) is 14.3. The van der Waals surface area contributed by atoms with E-state index in [0.29, 0.717) is 0 Å². The maximum atomic E-state index is 12.5. The van der Waals surface area contributed by atoms with Crippen LogP contribution < -0.4 is 0 Å². The summed E-state index contributed by atoms with van der Waals surface area (Å²) in [5.74, 6) is -0.544. The van der Waals surface area contributed by atoms with Gasteiger partial charge in [0.15, 0.2) is 0 Å². The minimum absolute atomic E-state index is 0.121. The van der Waals surface area contributed by atoms with E-state index in [-0.39, 0.29) is 17.2 Å². The summed E-state index contributed by atoms with van der Waals surface area (Å²) < 4.78 is 26.2. The maximum Gasteiger partial charge on any atom is 0.242 e. The van der Waals surface area contributed by atoms with Crippen LogP contribution in [0.1, 0.15) is 13.8 Å². The van der Waals surface area contributed by atoms with Gasteiger partial charge in [0.2, 0.25) is 10.0 Å². The molecular formula is C16H26N2O4S. The third kappa shape index (κ3) is 4.84. The number of aliphatic hydroxyl groups excluding tert-OH is 1. The quantitative estimate of drug-likeness (QED) is 0.757. The van der Waals surface area contributed by atoms with E-state index in [2.05, 4.69) is 0 Å². The fourth-order valence-corrected chi connectivity index (χ4v) is 3.90. The molecule has 0 spiro atoms. The third-order valence-electron chi connectivity index (χ3n) is 3.88. The normalized spacial score (nSPS) is 16.3. The second-order valence-electron chi connectivity index (χ2n) is 6.09. The number of nitrogens with zero attached hydrogens (tertiary/aromatic N) is 2. The number of sulfonamides is 1. The highest BCUT2D eigenvalue weighted by Crippen LogP contribution is 2.18. The Hall–Kier alpha value is -1.28. The topological polar surface area (TPSA) is 77.9 Å². The molecule has 6 nitrogen and oxygen atoms in total. The molecule has 23 heavy (non-hydrogen) atoms. The smallest absolute Gasteiger partial charge is 0.242 e. The van der Waals surface area contributed by atoms with E-state index >= 15 is 0 Å². The highest BCUT2D eigenvalue weighted by Gasteiger charge is 2.32. The Morgan fingerprint density at radius 2 is 1.70 bits per heavy atom. The van der Waals surface area contributed by atoms with Crippen molar-refractivity contribution in [2.24, 2.45) is 5.92 Å². The Labute approximate surface area is 138 Å². The van der Waals surface area contributed by atoms with Crippen molar-refractivity contribution in [3.63, 3.8) is 0 Å². The number of likely N-dealkylation sites (N-methyl/N-ethyl adjacent to an activating group) is 1. The minimum atomic E-state index is -3.61. The molecule has 1 rings (SSSR count). The van der Waals surface area contributed by atoms with Crippen molar-refractivity contribution >= 4 is 15.8 Å². The molecule has 0 bridgehead atoms. The molecule has 0 aliphatic carbocycles. The lowest BCUT2D eigenvalue weighted by molar-refractivity contribution is -0.126. The van der Waals surface area contributed by atoms with E-state index in [1.807, 2.05) is 0 Å². The number of benzene rings is 1. The van der Waals surface area contributed by atoms with E-state index in [4.69, 9.17) is 0 Å². The highest BCUT2D eigenvalue weighted by atomic mass is 32.2. The number of ketones is 1. The summed E-state index contributed by atoms with van der Waals surface area (Å²) in [4.78, 5) is 13.6. The molecule has 1 aromatic carbocycles. The maximum absolute atomic E-state index is 12.5. The molecule has 0 unspecified atom stereocenters. The van der Waals surface area contributed by atoms with E-state index in [9.17, 15) is 18.3 Å². The first-order valence-corrected chi connectivity index (χ1v) is 8.89. The van der Waals surface area contributed by atoms with Gasteiger partial charge in [-0.1, -0.05) is 25.1 Å². The molecule has 7 heteroatoms. The molecule has 0 fully saturated rings. The number of hydrogen-bond donors (Lipinski definition) is 1. The van der Waals surface area contributed by atoms with Crippen LogP contribution in [0.5, 0.6) is 0 Å². The summed E-state index contributed by atoms with van der Waals surface area (Å²) >= 11 is 0. The lowest BCUT2D eigenvalue weighted by Crippen LogP contribution is -2.49. The zero-order valence-corrected chi connectivity index (χ0v) is 15.1. The van der Waals surface area contributed by atoms with E-state index in [1.165, 1.54) is 30.4 Å². The van der Waals surface area contributed by atoms with Crippen LogP contribution in [-0.2, 0) is 14.8 Å². The van der Waals surface area contributed by atoms with Crippen LogP contribution >= 0.6 is 0 Å². The first kappa shape index (κ1) is 19.8. The molecule has 1 aromatic rings. The fourth-order valence-electron chi connectivity index (χ4n) is 2.60. The van der Waals surface area contributed by atoms with Crippen molar-refractivity contribution in [2.75, 3.05) is 27.7 Å². The SMILES string of the molecule is CC(=O)[C@H]([C@H](O)[C@H](C)CN(C)S(=O)(=O)c1ccccc1)N(C)C. The van der Waals surface area contributed by atoms with Gasteiger partial charge >= 0.3 is 0 Å². The lowest BCUT2D eigenvalue weighted by Gasteiger charge is -2.32. The van der Waals surface area contributed by atoms with Gasteiger partial charge in [-0.05, 0) is 39.1 Å². The van der Waals surface area contributed by atoms with E-state index in [1.54, 1.807) is 44.1 Å². The van der Waals surface area contributed by atoms with Crippen LogP contribution in [0.2, 0.25) is 0 Å². The van der Waals surface area contributed by atoms with Crippen molar-refractivity contribution in [3.05, 3.63) is 30.3 Å². The van der Waals surface area contributed by atoms with Crippen LogP contribution in [0.25, 0.3) is 0 Å². The average Bonchev–Trinajstić information content (AvgIpc) is 2.47. The lowest BCUT2D eigenvalue weighted by atomic mass is 9.94. The van der Waals surface area contributed by atoms with Gasteiger partial charge in [0.25, 0.3) is 0 Å². The molecule has 1 N–H and O–H groups in total. The van der Waals surface area contributed by atoms with Gasteiger partial charge in [0, 0.05) is 13.6 Å². The second kappa shape index (κ2) is 8.01. The van der Waals surface area contributed by atoms with Crippen molar-refractivity contribution in [2.45, 2.75) is 30.9 Å². The van der Waals surface area contributed by atoms with E-state index in [0.717, 1.165) is 0 Å². The van der Waals surface area contributed by atoms with Crippen LogP contribution in [-0.4, -0.2) is 68.3 Å². The van der Waals surface area contributed by atoms with Crippen molar-refractivity contribution in [3.8, 4) is 0 Å². The third-order valence-corrected chi connectivity index (χ3v) is 5.71. The summed E-state index contributed by atoms with van der Waals surface area (Å²) in [5.41, 5.74) is 0. The first-order valence-electron chi connectivity index (χ1n) is 7.45. The van der Waals surface area contributed by atoms with Gasteiger partial charge in [-0.2, -0.15) is 0 Å². The van der Waals surface area contributed by atoms with Crippen molar-refractivity contribution in [1.82, 2.24) is 9.21 Å². The average molecular weight is 342 g/mol. The number of rotatable bonds is 8. The Morgan fingerprint density at radius 1 is 1.17 bits per heavy atom. The molecule has 0 aromatic heterocycles. The minimum Gasteiger partial charge on any atom is -0.391 e. The Kier molecular flexibility index (Phi) is 6.88. The van der Waals surface area contributed by atoms with Crippen molar-refractivity contribution in [1.29, 1.82) is 0 Å². The highest BCUT2D eigenvalue weighted by molar-refractivity contribution is 7.89. The van der Waals surface area contributed by atoms with Crippen LogP contribution in [0, 0.1) is 5.92 Å². The van der Waals surface area contributed by atoms with Crippen LogP contribution in [0.15, 0.2) is 35.2 Å². The fraction of sp³-hybridized carbons (Fsp3) is 0.562. The number of carbonyl (C=O) groups excluding carboxylic acids is 1. The molecule has 130 valence electrons. The Bertz CT molecular complexity index is 616.